The smallest absolute Gasteiger partial charge is 0.244 e. The first-order valence-corrected chi connectivity index (χ1v) is 8.43. The number of fused-ring (bicyclic) bond motifs is 1. The molecule has 0 bridgehead atoms. The highest BCUT2D eigenvalue weighted by molar-refractivity contribution is 7.19. The van der Waals surface area contributed by atoms with Crippen LogP contribution in [0.2, 0.25) is 0 Å². The van der Waals surface area contributed by atoms with Crippen molar-refractivity contribution in [1.29, 1.82) is 0 Å². The van der Waals surface area contributed by atoms with Crippen LogP contribution in [0.4, 0.5) is 0 Å². The number of hydrogen-bond acceptors (Lipinski definition) is 5. The van der Waals surface area contributed by atoms with Crippen LogP contribution < -0.4 is 5.32 Å². The lowest BCUT2D eigenvalue weighted by Gasteiger charge is -2.12. The number of carbonyl (C=O) groups is 1. The van der Waals surface area contributed by atoms with E-state index in [-0.39, 0.29) is 19.1 Å². The van der Waals surface area contributed by atoms with Crippen molar-refractivity contribution < 1.29 is 14.6 Å². The molecule has 0 aliphatic heterocycles. The van der Waals surface area contributed by atoms with E-state index in [4.69, 9.17) is 4.74 Å². The van der Waals surface area contributed by atoms with E-state index in [1.165, 1.54) is 17.4 Å². The summed E-state index contributed by atoms with van der Waals surface area (Å²) in [5.41, 5.74) is 0.926. The molecule has 0 aliphatic rings. The third kappa shape index (κ3) is 6.09. The van der Waals surface area contributed by atoms with Crippen molar-refractivity contribution in [2.45, 2.75) is 20.0 Å². The van der Waals surface area contributed by atoms with Crippen molar-refractivity contribution in [2.75, 3.05) is 19.8 Å². The number of benzene rings is 1. The SMILES string of the molecule is CC(C)COCC(O)CNC(=O)/C=C/c1nc2ccccc2s1. The van der Waals surface area contributed by atoms with Gasteiger partial charge in [-0.15, -0.1) is 11.3 Å². The van der Waals surface area contributed by atoms with E-state index in [1.807, 2.05) is 38.1 Å². The number of ether oxygens (including phenoxy) is 1. The van der Waals surface area contributed by atoms with Gasteiger partial charge in [0.05, 0.1) is 22.9 Å². The highest BCUT2D eigenvalue weighted by Gasteiger charge is 2.06. The summed E-state index contributed by atoms with van der Waals surface area (Å²) in [5, 5.41) is 13.1. The van der Waals surface area contributed by atoms with Crippen molar-refractivity contribution in [1.82, 2.24) is 10.3 Å². The lowest BCUT2D eigenvalue weighted by Crippen LogP contribution is -2.33. The summed E-state index contributed by atoms with van der Waals surface area (Å²) < 4.78 is 6.41. The quantitative estimate of drug-likeness (QED) is 0.728. The second-order valence-corrected chi connectivity index (χ2v) is 6.75. The Bertz CT molecular complexity index is 634. The Labute approximate surface area is 140 Å². The normalized spacial score (nSPS) is 13.0. The molecule has 23 heavy (non-hydrogen) atoms. The molecule has 0 spiro atoms. The van der Waals surface area contributed by atoms with Gasteiger partial charge in [0, 0.05) is 19.2 Å². The van der Waals surface area contributed by atoms with Crippen LogP contribution in [0, 0.1) is 5.92 Å². The third-order valence-corrected chi connectivity index (χ3v) is 3.96. The van der Waals surface area contributed by atoms with Crippen LogP contribution in [0.5, 0.6) is 0 Å². The fourth-order valence-electron chi connectivity index (χ4n) is 1.88. The van der Waals surface area contributed by atoms with Crippen molar-refractivity contribution >= 4 is 33.5 Å². The summed E-state index contributed by atoms with van der Waals surface area (Å²) in [5.74, 6) is 0.167. The number of nitrogens with zero attached hydrogens (tertiary/aromatic N) is 1. The molecule has 124 valence electrons. The van der Waals surface area contributed by atoms with Gasteiger partial charge in [-0.2, -0.15) is 0 Å². The number of aliphatic hydroxyl groups excluding tert-OH is 1. The molecule has 0 aliphatic carbocycles. The highest BCUT2D eigenvalue weighted by atomic mass is 32.1. The molecule has 2 N–H and O–H groups in total. The second-order valence-electron chi connectivity index (χ2n) is 5.68. The van der Waals surface area contributed by atoms with Crippen molar-refractivity contribution in [3.05, 3.63) is 35.3 Å². The summed E-state index contributed by atoms with van der Waals surface area (Å²) in [6.07, 6.45) is 2.41. The van der Waals surface area contributed by atoms with Crippen LogP contribution in [0.1, 0.15) is 18.9 Å². The Balaban J connectivity index is 1.75. The molecule has 0 saturated carbocycles. The molecule has 0 saturated heterocycles. The molecule has 1 heterocycles. The largest absolute Gasteiger partial charge is 0.389 e. The highest BCUT2D eigenvalue weighted by Crippen LogP contribution is 2.22. The molecule has 0 fully saturated rings. The zero-order valence-electron chi connectivity index (χ0n) is 13.4. The molecule has 1 unspecified atom stereocenters. The number of amides is 1. The zero-order chi connectivity index (χ0) is 16.7. The van der Waals surface area contributed by atoms with Gasteiger partial charge in [0.1, 0.15) is 5.01 Å². The molecule has 2 aromatic rings. The zero-order valence-corrected chi connectivity index (χ0v) is 14.2. The van der Waals surface area contributed by atoms with Crippen LogP contribution in [-0.4, -0.2) is 41.9 Å². The maximum atomic E-state index is 11.7. The van der Waals surface area contributed by atoms with Crippen LogP contribution >= 0.6 is 11.3 Å². The van der Waals surface area contributed by atoms with E-state index in [1.54, 1.807) is 6.08 Å². The molecule has 5 nitrogen and oxygen atoms in total. The van der Waals surface area contributed by atoms with Crippen LogP contribution in [0.15, 0.2) is 30.3 Å². The summed E-state index contributed by atoms with van der Waals surface area (Å²) in [6.45, 7) is 5.08. The van der Waals surface area contributed by atoms with Crippen molar-refractivity contribution in [2.24, 2.45) is 5.92 Å². The number of para-hydroxylation sites is 1. The van der Waals surface area contributed by atoms with Crippen LogP contribution in [-0.2, 0) is 9.53 Å². The first kappa shape index (κ1) is 17.6. The number of rotatable bonds is 8. The molecular weight excluding hydrogens is 312 g/mol. The number of aromatic nitrogens is 1. The lowest BCUT2D eigenvalue weighted by molar-refractivity contribution is -0.117. The Morgan fingerprint density at radius 1 is 1.39 bits per heavy atom. The second kappa shape index (κ2) is 8.76. The van der Waals surface area contributed by atoms with Gasteiger partial charge in [-0.3, -0.25) is 4.79 Å². The minimum Gasteiger partial charge on any atom is -0.389 e. The Morgan fingerprint density at radius 2 is 2.17 bits per heavy atom. The average Bonchev–Trinajstić information content (AvgIpc) is 2.93. The molecular formula is C17H22N2O3S. The van der Waals surface area contributed by atoms with Crippen molar-refractivity contribution in [3.63, 3.8) is 0 Å². The van der Waals surface area contributed by atoms with E-state index in [0.29, 0.717) is 12.5 Å². The molecule has 0 radical (unpaired) electrons. The Hall–Kier alpha value is -1.76. The van der Waals surface area contributed by atoms with Crippen LogP contribution in [0.3, 0.4) is 0 Å². The summed E-state index contributed by atoms with van der Waals surface area (Å²) >= 11 is 1.53. The van der Waals surface area contributed by atoms with E-state index < -0.39 is 6.10 Å². The maximum Gasteiger partial charge on any atom is 0.244 e. The molecule has 1 amide bonds. The van der Waals surface area contributed by atoms with E-state index in [2.05, 4.69) is 10.3 Å². The number of hydrogen-bond donors (Lipinski definition) is 2. The molecule has 1 atom stereocenters. The molecule has 6 heteroatoms. The first-order chi connectivity index (χ1) is 11.0. The fourth-order valence-corrected chi connectivity index (χ4v) is 2.75. The van der Waals surface area contributed by atoms with Gasteiger partial charge in [0.2, 0.25) is 5.91 Å². The van der Waals surface area contributed by atoms with Gasteiger partial charge in [-0.05, 0) is 24.1 Å². The average molecular weight is 334 g/mol. The van der Waals surface area contributed by atoms with Crippen molar-refractivity contribution in [3.8, 4) is 0 Å². The number of nitrogens with one attached hydrogen (secondary N) is 1. The van der Waals surface area contributed by atoms with Gasteiger partial charge in [0.15, 0.2) is 0 Å². The molecule has 2 rings (SSSR count). The van der Waals surface area contributed by atoms with Gasteiger partial charge < -0.3 is 15.2 Å². The van der Waals surface area contributed by atoms with Gasteiger partial charge >= 0.3 is 0 Å². The minimum absolute atomic E-state index is 0.168. The Morgan fingerprint density at radius 3 is 2.91 bits per heavy atom. The standard InChI is InChI=1S/C17H22N2O3S/c1-12(2)10-22-11-13(20)9-18-16(21)7-8-17-19-14-5-3-4-6-15(14)23-17/h3-8,12-13,20H,9-11H2,1-2H3,(H,18,21)/b8-7+. The predicted octanol–water partition coefficient (Wildman–Crippen LogP) is 2.46. The predicted molar refractivity (Wildman–Crippen MR) is 93.3 cm³/mol. The first-order valence-electron chi connectivity index (χ1n) is 7.62. The third-order valence-electron chi connectivity index (χ3n) is 2.96. The number of aliphatic hydroxyl groups is 1. The fraction of sp³-hybridized carbons (Fsp3) is 0.412. The maximum absolute atomic E-state index is 11.7. The summed E-state index contributed by atoms with van der Waals surface area (Å²) in [7, 11) is 0. The van der Waals surface area contributed by atoms with Gasteiger partial charge in [0.25, 0.3) is 0 Å². The molecule has 1 aromatic heterocycles. The minimum atomic E-state index is -0.700. The number of thiazole rings is 1. The Kier molecular flexibility index (Phi) is 6.70. The summed E-state index contributed by atoms with van der Waals surface area (Å²) in [6, 6.07) is 7.84. The van der Waals surface area contributed by atoms with Gasteiger partial charge in [-0.1, -0.05) is 26.0 Å². The lowest BCUT2D eigenvalue weighted by atomic mass is 10.2. The number of carbonyl (C=O) groups excluding carboxylic acids is 1. The van der Waals surface area contributed by atoms with Gasteiger partial charge in [-0.25, -0.2) is 4.98 Å². The van der Waals surface area contributed by atoms with E-state index in [0.717, 1.165) is 15.2 Å². The van der Waals surface area contributed by atoms with E-state index in [9.17, 15) is 9.90 Å². The van der Waals surface area contributed by atoms with E-state index >= 15 is 0 Å². The molecule has 1 aromatic carbocycles. The van der Waals surface area contributed by atoms with Crippen LogP contribution in [0.25, 0.3) is 16.3 Å². The summed E-state index contributed by atoms with van der Waals surface area (Å²) in [4.78, 5) is 16.2. The monoisotopic (exact) mass is 334 g/mol. The topological polar surface area (TPSA) is 71.5 Å².